The Morgan fingerprint density at radius 3 is 2.32 bits per heavy atom. The molecule has 1 amide bonds. The Bertz CT molecular complexity index is 928. The second-order valence-electron chi connectivity index (χ2n) is 6.38. The summed E-state index contributed by atoms with van der Waals surface area (Å²) in [7, 11) is 3.25. The zero-order valence-corrected chi connectivity index (χ0v) is 16.2. The number of ether oxygens (including phenoxy) is 2. The molecule has 2 heterocycles. The fourth-order valence-corrected chi connectivity index (χ4v) is 3.12. The first-order chi connectivity index (χ1) is 13.6. The molecule has 2 aromatic heterocycles. The molecule has 0 spiro atoms. The van der Waals surface area contributed by atoms with Crippen molar-refractivity contribution < 1.29 is 14.3 Å². The Hall–Kier alpha value is -3.41. The van der Waals surface area contributed by atoms with Crippen LogP contribution in [-0.4, -0.2) is 30.1 Å². The molecule has 1 atom stereocenters. The van der Waals surface area contributed by atoms with E-state index in [2.05, 4.69) is 15.3 Å². The van der Waals surface area contributed by atoms with E-state index in [-0.39, 0.29) is 11.8 Å². The van der Waals surface area contributed by atoms with Crippen molar-refractivity contribution in [1.29, 1.82) is 0 Å². The monoisotopic (exact) mass is 377 g/mol. The van der Waals surface area contributed by atoms with Gasteiger partial charge in [-0.15, -0.1) is 0 Å². The lowest BCUT2D eigenvalue weighted by Crippen LogP contribution is -2.09. The van der Waals surface area contributed by atoms with E-state index in [0.29, 0.717) is 17.3 Å². The van der Waals surface area contributed by atoms with Gasteiger partial charge in [-0.1, -0.05) is 12.1 Å². The predicted octanol–water partition coefficient (Wildman–Crippen LogP) is 3.83. The van der Waals surface area contributed by atoms with E-state index in [1.807, 2.05) is 42.5 Å². The molecule has 6 heteroatoms. The molecule has 0 saturated carbocycles. The molecule has 0 radical (unpaired) electrons. The first kappa shape index (κ1) is 19.4. The van der Waals surface area contributed by atoms with E-state index in [9.17, 15) is 4.79 Å². The van der Waals surface area contributed by atoms with Gasteiger partial charge >= 0.3 is 0 Å². The van der Waals surface area contributed by atoms with Crippen LogP contribution in [0.2, 0.25) is 0 Å². The third-order valence-corrected chi connectivity index (χ3v) is 4.49. The molecule has 0 aliphatic carbocycles. The first-order valence-electron chi connectivity index (χ1n) is 8.95. The topological polar surface area (TPSA) is 73.3 Å². The quantitative estimate of drug-likeness (QED) is 0.677. The number of hydrogen-bond donors (Lipinski definition) is 1. The number of nitrogens with zero attached hydrogens (tertiary/aromatic N) is 2. The zero-order valence-electron chi connectivity index (χ0n) is 16.2. The van der Waals surface area contributed by atoms with Crippen LogP contribution in [0.5, 0.6) is 11.5 Å². The summed E-state index contributed by atoms with van der Waals surface area (Å²) in [6.45, 7) is 1.46. The number of anilines is 1. The number of benzene rings is 1. The highest BCUT2D eigenvalue weighted by molar-refractivity contribution is 5.87. The van der Waals surface area contributed by atoms with Crippen molar-refractivity contribution in [1.82, 2.24) is 9.97 Å². The molecule has 3 rings (SSSR count). The van der Waals surface area contributed by atoms with Gasteiger partial charge in [0.25, 0.3) is 0 Å². The summed E-state index contributed by atoms with van der Waals surface area (Å²) >= 11 is 0. The maximum absolute atomic E-state index is 11.2. The number of carbonyl (C=O) groups excluding carboxylic acids is 1. The summed E-state index contributed by atoms with van der Waals surface area (Å²) in [4.78, 5) is 19.7. The third-order valence-electron chi connectivity index (χ3n) is 4.49. The third kappa shape index (κ3) is 4.65. The first-order valence-corrected chi connectivity index (χ1v) is 8.95. The number of carbonyl (C=O) groups is 1. The highest BCUT2D eigenvalue weighted by Crippen LogP contribution is 2.35. The maximum Gasteiger partial charge on any atom is 0.222 e. The van der Waals surface area contributed by atoms with Gasteiger partial charge in [-0.3, -0.25) is 9.78 Å². The number of rotatable bonds is 7. The number of nitrogens with one attached hydrogen (secondary N) is 1. The minimum atomic E-state index is -0.145. The molecule has 144 valence electrons. The highest BCUT2D eigenvalue weighted by Gasteiger charge is 2.18. The molecule has 1 N–H and O–H groups in total. The SMILES string of the molecule is COc1ccc(C(Cc2ccncc2)c2ccc(NC(C)=O)nc2)cc1OC. The van der Waals surface area contributed by atoms with Gasteiger partial charge in [-0.2, -0.15) is 0 Å². The van der Waals surface area contributed by atoms with Crippen LogP contribution in [0.3, 0.4) is 0 Å². The average Bonchev–Trinajstić information content (AvgIpc) is 2.72. The molecule has 3 aromatic rings. The number of aromatic nitrogens is 2. The Morgan fingerprint density at radius 1 is 1.00 bits per heavy atom. The van der Waals surface area contributed by atoms with Crippen LogP contribution in [0, 0.1) is 0 Å². The lowest BCUT2D eigenvalue weighted by atomic mass is 9.87. The zero-order chi connectivity index (χ0) is 19.9. The van der Waals surface area contributed by atoms with Crippen molar-refractivity contribution >= 4 is 11.7 Å². The van der Waals surface area contributed by atoms with Crippen molar-refractivity contribution in [2.24, 2.45) is 0 Å². The van der Waals surface area contributed by atoms with Gasteiger partial charge in [0.05, 0.1) is 14.2 Å². The van der Waals surface area contributed by atoms with Gasteiger partial charge in [-0.05, 0) is 53.4 Å². The predicted molar refractivity (Wildman–Crippen MR) is 108 cm³/mol. The summed E-state index contributed by atoms with van der Waals surface area (Å²) in [5.74, 6) is 1.82. The molecule has 6 nitrogen and oxygen atoms in total. The fraction of sp³-hybridized carbons (Fsp3) is 0.227. The smallest absolute Gasteiger partial charge is 0.222 e. The summed E-state index contributed by atoms with van der Waals surface area (Å²) in [5.41, 5.74) is 3.29. The lowest BCUT2D eigenvalue weighted by Gasteiger charge is -2.20. The van der Waals surface area contributed by atoms with E-state index in [0.717, 1.165) is 17.5 Å². The Labute approximate surface area is 164 Å². The Kier molecular flexibility index (Phi) is 6.22. The van der Waals surface area contributed by atoms with Crippen molar-refractivity contribution in [2.45, 2.75) is 19.3 Å². The summed E-state index contributed by atoms with van der Waals surface area (Å²) in [6, 6.07) is 13.8. The van der Waals surface area contributed by atoms with Crippen LogP contribution in [0.4, 0.5) is 5.82 Å². The van der Waals surface area contributed by atoms with Crippen LogP contribution in [0.15, 0.2) is 61.1 Å². The van der Waals surface area contributed by atoms with Crippen LogP contribution in [-0.2, 0) is 11.2 Å². The maximum atomic E-state index is 11.2. The second-order valence-corrected chi connectivity index (χ2v) is 6.38. The van der Waals surface area contributed by atoms with E-state index >= 15 is 0 Å². The molecule has 1 aromatic carbocycles. The van der Waals surface area contributed by atoms with Gasteiger partial charge in [-0.25, -0.2) is 4.98 Å². The Morgan fingerprint density at radius 2 is 1.71 bits per heavy atom. The lowest BCUT2D eigenvalue weighted by molar-refractivity contribution is -0.114. The Balaban J connectivity index is 1.99. The van der Waals surface area contributed by atoms with Gasteiger partial charge < -0.3 is 14.8 Å². The summed E-state index contributed by atoms with van der Waals surface area (Å²) < 4.78 is 10.8. The average molecular weight is 377 g/mol. The molecular weight excluding hydrogens is 354 g/mol. The van der Waals surface area contributed by atoms with Gasteiger partial charge in [0, 0.05) is 31.4 Å². The van der Waals surface area contributed by atoms with Crippen LogP contribution >= 0.6 is 0 Å². The van der Waals surface area contributed by atoms with E-state index in [4.69, 9.17) is 9.47 Å². The van der Waals surface area contributed by atoms with E-state index in [1.54, 1.807) is 32.8 Å². The van der Waals surface area contributed by atoms with Crippen molar-refractivity contribution in [3.63, 3.8) is 0 Å². The number of amides is 1. The molecular formula is C22H23N3O3. The van der Waals surface area contributed by atoms with Crippen molar-refractivity contribution in [2.75, 3.05) is 19.5 Å². The summed E-state index contributed by atoms with van der Waals surface area (Å²) in [6.07, 6.45) is 6.16. The minimum absolute atomic E-state index is 0.0566. The van der Waals surface area contributed by atoms with E-state index in [1.165, 1.54) is 12.5 Å². The second kappa shape index (κ2) is 8.99. The van der Waals surface area contributed by atoms with Gasteiger partial charge in [0.1, 0.15) is 5.82 Å². The minimum Gasteiger partial charge on any atom is -0.493 e. The number of pyridine rings is 2. The standard InChI is InChI=1S/C22H23N3O3/c1-15(26)25-22-7-5-18(14-24-22)19(12-16-8-10-23-11-9-16)17-4-6-20(27-2)21(13-17)28-3/h4-11,13-14,19H,12H2,1-3H3,(H,24,25,26). The number of hydrogen-bond acceptors (Lipinski definition) is 5. The molecule has 0 aliphatic rings. The van der Waals surface area contributed by atoms with Gasteiger partial charge in [0.2, 0.25) is 5.91 Å². The highest BCUT2D eigenvalue weighted by atomic mass is 16.5. The molecule has 0 fully saturated rings. The van der Waals surface area contributed by atoms with Gasteiger partial charge in [0.15, 0.2) is 11.5 Å². The molecule has 0 bridgehead atoms. The molecule has 0 aliphatic heterocycles. The van der Waals surface area contributed by atoms with Crippen molar-refractivity contribution in [3.8, 4) is 11.5 Å². The molecule has 28 heavy (non-hydrogen) atoms. The number of methoxy groups -OCH3 is 2. The fourth-order valence-electron chi connectivity index (χ4n) is 3.12. The van der Waals surface area contributed by atoms with Crippen molar-refractivity contribution in [3.05, 3.63) is 77.7 Å². The molecule has 0 saturated heterocycles. The summed E-state index contributed by atoms with van der Waals surface area (Å²) in [5, 5.41) is 2.70. The largest absolute Gasteiger partial charge is 0.493 e. The van der Waals surface area contributed by atoms with E-state index < -0.39 is 0 Å². The van der Waals surface area contributed by atoms with Crippen LogP contribution in [0.1, 0.15) is 29.5 Å². The molecule has 1 unspecified atom stereocenters. The normalized spacial score (nSPS) is 11.5. The van der Waals surface area contributed by atoms with Crippen LogP contribution < -0.4 is 14.8 Å². The van der Waals surface area contributed by atoms with Crippen LogP contribution in [0.25, 0.3) is 0 Å².